The van der Waals surface area contributed by atoms with Gasteiger partial charge in [-0.1, -0.05) is 13.8 Å². The van der Waals surface area contributed by atoms with Crippen molar-refractivity contribution in [2.24, 2.45) is 5.84 Å². The molecule has 0 atom stereocenters. The van der Waals surface area contributed by atoms with Gasteiger partial charge in [-0.05, 0) is 7.05 Å². The highest BCUT2D eigenvalue weighted by molar-refractivity contribution is 6.17. The number of rotatable bonds is 4. The van der Waals surface area contributed by atoms with Gasteiger partial charge in [-0.25, -0.2) is 5.84 Å². The van der Waals surface area contributed by atoms with Crippen LogP contribution in [0.2, 0.25) is 0 Å². The average Bonchev–Trinajstić information content (AvgIpc) is 2.53. The SMILES string of the molecule is CC.CNCCN(N)C1=C(O)C(=O)NC1=O. The molecular weight excluding hydrogens is 212 g/mol. The molecule has 0 aromatic rings. The van der Waals surface area contributed by atoms with Gasteiger partial charge in [-0.15, -0.1) is 0 Å². The van der Waals surface area contributed by atoms with Crippen LogP contribution in [0.15, 0.2) is 11.5 Å². The average molecular weight is 230 g/mol. The standard InChI is InChI=1S/C7H12N4O3.C2H6/c1-9-2-3-11(8)4-5(12)7(14)10-6(4)13;1-2/h9H,2-3,8H2,1H3,(H2,10,12,13,14);1-2H3. The monoisotopic (exact) mass is 230 g/mol. The molecule has 5 N–H and O–H groups in total. The molecule has 1 rings (SSSR count). The number of amides is 2. The summed E-state index contributed by atoms with van der Waals surface area (Å²) in [5.41, 5.74) is -0.190. The fourth-order valence-corrected chi connectivity index (χ4v) is 1.05. The molecule has 7 heteroatoms. The summed E-state index contributed by atoms with van der Waals surface area (Å²) >= 11 is 0. The fourth-order valence-electron chi connectivity index (χ4n) is 1.05. The maximum atomic E-state index is 11.1. The lowest BCUT2D eigenvalue weighted by molar-refractivity contribution is -0.125. The minimum Gasteiger partial charge on any atom is -0.501 e. The molecule has 0 saturated heterocycles. The Hall–Kier alpha value is -1.60. The Labute approximate surface area is 94.3 Å². The summed E-state index contributed by atoms with van der Waals surface area (Å²) in [7, 11) is 1.72. The molecule has 0 bridgehead atoms. The first-order valence-electron chi connectivity index (χ1n) is 5.03. The number of hydrazine groups is 1. The maximum absolute atomic E-state index is 11.1. The van der Waals surface area contributed by atoms with Crippen LogP contribution in [0.25, 0.3) is 0 Å². The van der Waals surface area contributed by atoms with Crippen molar-refractivity contribution in [2.75, 3.05) is 20.1 Å². The number of aliphatic hydroxyl groups excluding tert-OH is 1. The van der Waals surface area contributed by atoms with E-state index in [1.54, 1.807) is 7.05 Å². The van der Waals surface area contributed by atoms with Crippen LogP contribution in [0.3, 0.4) is 0 Å². The minimum atomic E-state index is -0.815. The Balaban J connectivity index is 0.00000106. The van der Waals surface area contributed by atoms with Crippen molar-refractivity contribution in [3.05, 3.63) is 11.5 Å². The first-order chi connectivity index (χ1) is 7.57. The van der Waals surface area contributed by atoms with Crippen LogP contribution < -0.4 is 16.5 Å². The molecular formula is C9H18N4O3. The Morgan fingerprint density at radius 1 is 1.38 bits per heavy atom. The van der Waals surface area contributed by atoms with Gasteiger partial charge in [0.2, 0.25) is 5.76 Å². The van der Waals surface area contributed by atoms with E-state index >= 15 is 0 Å². The van der Waals surface area contributed by atoms with E-state index < -0.39 is 17.6 Å². The zero-order valence-electron chi connectivity index (χ0n) is 9.70. The number of carbonyl (C=O) groups excluding carboxylic acids is 2. The molecule has 0 aromatic heterocycles. The number of nitrogens with two attached hydrogens (primary N) is 1. The van der Waals surface area contributed by atoms with Crippen molar-refractivity contribution in [3.63, 3.8) is 0 Å². The van der Waals surface area contributed by atoms with Crippen LogP contribution in [-0.4, -0.2) is 42.1 Å². The van der Waals surface area contributed by atoms with Crippen LogP contribution in [-0.2, 0) is 9.59 Å². The summed E-state index contributed by atoms with van der Waals surface area (Å²) in [5.74, 6) is 3.35. The lowest BCUT2D eigenvalue weighted by Gasteiger charge is -2.17. The predicted octanol–water partition coefficient (Wildman–Crippen LogP) is -1.17. The summed E-state index contributed by atoms with van der Waals surface area (Å²) < 4.78 is 0. The van der Waals surface area contributed by atoms with E-state index in [2.05, 4.69) is 5.32 Å². The van der Waals surface area contributed by atoms with Gasteiger partial charge in [-0.2, -0.15) is 0 Å². The second-order valence-corrected chi connectivity index (χ2v) is 2.78. The quantitative estimate of drug-likeness (QED) is 0.275. The van der Waals surface area contributed by atoms with E-state index in [0.29, 0.717) is 13.1 Å². The molecule has 0 fully saturated rings. The van der Waals surface area contributed by atoms with Crippen molar-refractivity contribution >= 4 is 11.8 Å². The van der Waals surface area contributed by atoms with E-state index in [1.165, 1.54) is 0 Å². The van der Waals surface area contributed by atoms with Crippen LogP contribution in [0.1, 0.15) is 13.8 Å². The summed E-state index contributed by atoms with van der Waals surface area (Å²) in [6.07, 6.45) is 0. The molecule has 0 aromatic carbocycles. The number of carbonyl (C=O) groups is 2. The normalized spacial score (nSPS) is 14.5. The van der Waals surface area contributed by atoms with Gasteiger partial charge < -0.3 is 15.4 Å². The predicted molar refractivity (Wildman–Crippen MR) is 59.0 cm³/mol. The zero-order chi connectivity index (χ0) is 12.7. The third-order valence-corrected chi connectivity index (χ3v) is 1.77. The molecule has 16 heavy (non-hydrogen) atoms. The fraction of sp³-hybridized carbons (Fsp3) is 0.556. The molecule has 0 spiro atoms. The molecule has 0 radical (unpaired) electrons. The number of imide groups is 1. The number of nitrogens with one attached hydrogen (secondary N) is 2. The lowest BCUT2D eigenvalue weighted by Crippen LogP contribution is -2.39. The number of hydrogen-bond donors (Lipinski definition) is 4. The maximum Gasteiger partial charge on any atom is 0.295 e. The van der Waals surface area contributed by atoms with Crippen molar-refractivity contribution in [2.45, 2.75) is 13.8 Å². The van der Waals surface area contributed by atoms with Crippen molar-refractivity contribution in [1.29, 1.82) is 0 Å². The Kier molecular flexibility index (Phi) is 6.12. The molecule has 0 aliphatic carbocycles. The highest BCUT2D eigenvalue weighted by Crippen LogP contribution is 2.11. The third kappa shape index (κ3) is 3.21. The molecule has 92 valence electrons. The summed E-state index contributed by atoms with van der Waals surface area (Å²) in [6.45, 7) is 4.85. The first-order valence-corrected chi connectivity index (χ1v) is 5.03. The largest absolute Gasteiger partial charge is 0.501 e. The van der Waals surface area contributed by atoms with E-state index in [1.807, 2.05) is 19.2 Å². The van der Waals surface area contributed by atoms with Crippen molar-refractivity contribution in [3.8, 4) is 0 Å². The van der Waals surface area contributed by atoms with Crippen LogP contribution in [0.5, 0.6) is 0 Å². The minimum absolute atomic E-state index is 0.190. The number of nitrogens with zero attached hydrogens (tertiary/aromatic N) is 1. The highest BCUT2D eigenvalue weighted by atomic mass is 16.3. The molecule has 1 aliphatic heterocycles. The van der Waals surface area contributed by atoms with Crippen LogP contribution in [0.4, 0.5) is 0 Å². The second-order valence-electron chi connectivity index (χ2n) is 2.78. The lowest BCUT2D eigenvalue weighted by atomic mass is 10.3. The van der Waals surface area contributed by atoms with Gasteiger partial charge in [0, 0.05) is 13.1 Å². The van der Waals surface area contributed by atoms with Gasteiger partial charge in [0.15, 0.2) is 5.70 Å². The Bertz CT molecular complexity index is 301. The number of likely N-dealkylation sites (N-methyl/N-ethyl adjacent to an activating group) is 1. The van der Waals surface area contributed by atoms with Crippen LogP contribution >= 0.6 is 0 Å². The Morgan fingerprint density at radius 3 is 2.31 bits per heavy atom. The molecule has 0 saturated carbocycles. The Morgan fingerprint density at radius 2 is 1.94 bits per heavy atom. The molecule has 1 aliphatic rings. The first kappa shape index (κ1) is 14.4. The van der Waals surface area contributed by atoms with Gasteiger partial charge in [-0.3, -0.25) is 14.9 Å². The van der Waals surface area contributed by atoms with E-state index in [4.69, 9.17) is 5.84 Å². The van der Waals surface area contributed by atoms with E-state index in [9.17, 15) is 14.7 Å². The summed E-state index contributed by atoms with van der Waals surface area (Å²) in [4.78, 5) is 21.9. The molecule has 1 heterocycles. The highest BCUT2D eigenvalue weighted by Gasteiger charge is 2.32. The van der Waals surface area contributed by atoms with Gasteiger partial charge >= 0.3 is 0 Å². The topological polar surface area (TPSA) is 108 Å². The van der Waals surface area contributed by atoms with Crippen LogP contribution in [0, 0.1) is 0 Å². The molecule has 7 nitrogen and oxygen atoms in total. The third-order valence-electron chi connectivity index (χ3n) is 1.77. The summed E-state index contributed by atoms with van der Waals surface area (Å²) in [6, 6.07) is 0. The molecule has 2 amide bonds. The smallest absolute Gasteiger partial charge is 0.295 e. The number of aliphatic hydroxyl groups is 1. The van der Waals surface area contributed by atoms with Gasteiger partial charge in [0.05, 0.1) is 0 Å². The van der Waals surface area contributed by atoms with Crippen molar-refractivity contribution < 1.29 is 14.7 Å². The second kappa shape index (κ2) is 6.81. The van der Waals surface area contributed by atoms with E-state index in [-0.39, 0.29) is 5.70 Å². The van der Waals surface area contributed by atoms with Gasteiger partial charge in [0.25, 0.3) is 11.8 Å². The van der Waals surface area contributed by atoms with Crippen molar-refractivity contribution in [1.82, 2.24) is 15.6 Å². The van der Waals surface area contributed by atoms with Gasteiger partial charge in [0.1, 0.15) is 0 Å². The summed E-state index contributed by atoms with van der Waals surface area (Å²) in [5, 5.41) is 15.0. The molecule has 0 unspecified atom stereocenters. The zero-order valence-corrected chi connectivity index (χ0v) is 9.70. The van der Waals surface area contributed by atoms with E-state index in [0.717, 1.165) is 5.01 Å². The number of hydrogen-bond acceptors (Lipinski definition) is 6.